The molecule has 0 saturated carbocycles. The number of nitrogens with one attached hydrogen (secondary N) is 1. The Balaban J connectivity index is 0. The molecule has 0 heterocycles. The summed E-state index contributed by atoms with van der Waals surface area (Å²) in [5.41, 5.74) is 6.43. The Kier molecular flexibility index (Phi) is 13.6. The van der Waals surface area contributed by atoms with Crippen LogP contribution in [0.5, 0.6) is 0 Å². The Morgan fingerprint density at radius 2 is 1.71 bits per heavy atom. The zero-order valence-electron chi connectivity index (χ0n) is 15.8. The quantitative estimate of drug-likeness (QED) is 0.467. The minimum Gasteiger partial charge on any atom is -0.478 e. The van der Waals surface area contributed by atoms with E-state index >= 15 is 0 Å². The van der Waals surface area contributed by atoms with E-state index in [1.807, 2.05) is 0 Å². The molecule has 0 aromatic heterocycles. The Bertz CT molecular complexity index is 442. The van der Waals surface area contributed by atoms with E-state index in [9.17, 15) is 4.79 Å². The monoisotopic (exact) mass is 358 g/mol. The van der Waals surface area contributed by atoms with E-state index in [0.29, 0.717) is 11.7 Å². The fraction of sp³-hybridized carbons (Fsp3) is 0.632. The smallest absolute Gasteiger partial charge is 0.335 e. The molecular formula is C19H35ClN2O2. The lowest BCUT2D eigenvalue weighted by atomic mass is 10.0. The van der Waals surface area contributed by atoms with E-state index in [4.69, 9.17) is 10.8 Å². The van der Waals surface area contributed by atoms with Crippen molar-refractivity contribution < 1.29 is 9.90 Å². The molecule has 4 nitrogen and oxygen atoms in total. The average Bonchev–Trinajstić information content (AvgIpc) is 2.43. The van der Waals surface area contributed by atoms with Gasteiger partial charge in [0.05, 0.1) is 5.56 Å². The molecular weight excluding hydrogens is 324 g/mol. The molecule has 0 saturated heterocycles. The van der Waals surface area contributed by atoms with Crippen LogP contribution >= 0.6 is 12.4 Å². The maximum absolute atomic E-state index is 10.3. The molecule has 1 atom stereocenters. The Morgan fingerprint density at radius 1 is 1.17 bits per heavy atom. The third kappa shape index (κ3) is 14.3. The number of nitrogens with two attached hydrogens (primary N) is 1. The van der Waals surface area contributed by atoms with Gasteiger partial charge in [0.25, 0.3) is 0 Å². The van der Waals surface area contributed by atoms with E-state index < -0.39 is 5.97 Å². The summed E-state index contributed by atoms with van der Waals surface area (Å²) in [5, 5.41) is 12.0. The predicted molar refractivity (Wildman–Crippen MR) is 106 cm³/mol. The SMILES string of the molecule is CCCCCCC(C)NC(C)(C)C.Cl.Nc1ccc(C(=O)O)cc1. The number of aromatic carboxylic acids is 1. The number of carboxylic acid groups (broad SMARTS) is 1. The maximum Gasteiger partial charge on any atom is 0.335 e. The van der Waals surface area contributed by atoms with Gasteiger partial charge in [0.1, 0.15) is 0 Å². The van der Waals surface area contributed by atoms with Crippen LogP contribution in [0.4, 0.5) is 5.69 Å². The number of nitrogen functional groups attached to an aromatic ring is 1. The van der Waals surface area contributed by atoms with Crippen molar-refractivity contribution in [3.8, 4) is 0 Å². The number of carbonyl (C=O) groups is 1. The Morgan fingerprint density at radius 3 is 2.12 bits per heavy atom. The highest BCUT2D eigenvalue weighted by Gasteiger charge is 2.12. The van der Waals surface area contributed by atoms with Gasteiger partial charge in [0.15, 0.2) is 0 Å². The molecule has 4 N–H and O–H groups in total. The zero-order valence-corrected chi connectivity index (χ0v) is 16.6. The Hall–Kier alpha value is -1.26. The van der Waals surface area contributed by atoms with Crippen LogP contribution in [-0.4, -0.2) is 22.7 Å². The van der Waals surface area contributed by atoms with Crippen LogP contribution in [0.2, 0.25) is 0 Å². The minimum absolute atomic E-state index is 0. The molecule has 140 valence electrons. The number of hydrogen-bond acceptors (Lipinski definition) is 3. The summed E-state index contributed by atoms with van der Waals surface area (Å²) < 4.78 is 0. The summed E-state index contributed by atoms with van der Waals surface area (Å²) in [6.45, 7) is 11.2. The number of halogens is 1. The highest BCUT2D eigenvalue weighted by molar-refractivity contribution is 5.87. The lowest BCUT2D eigenvalue weighted by molar-refractivity contribution is 0.0697. The van der Waals surface area contributed by atoms with Crippen LogP contribution in [0.25, 0.3) is 0 Å². The van der Waals surface area contributed by atoms with Gasteiger partial charge in [-0.3, -0.25) is 0 Å². The Labute approximate surface area is 153 Å². The van der Waals surface area contributed by atoms with Crippen molar-refractivity contribution in [2.24, 2.45) is 0 Å². The lowest BCUT2D eigenvalue weighted by Gasteiger charge is -2.26. The molecule has 1 aromatic rings. The lowest BCUT2D eigenvalue weighted by Crippen LogP contribution is -2.42. The van der Waals surface area contributed by atoms with Crippen molar-refractivity contribution in [3.63, 3.8) is 0 Å². The first-order valence-corrected chi connectivity index (χ1v) is 8.52. The maximum atomic E-state index is 10.3. The minimum atomic E-state index is -0.931. The summed E-state index contributed by atoms with van der Waals surface area (Å²) in [5.74, 6) is -0.931. The largest absolute Gasteiger partial charge is 0.478 e. The molecule has 0 aliphatic carbocycles. The number of hydrogen-bond donors (Lipinski definition) is 3. The van der Waals surface area contributed by atoms with Gasteiger partial charge in [-0.15, -0.1) is 12.4 Å². The van der Waals surface area contributed by atoms with Crippen molar-refractivity contribution in [2.45, 2.75) is 78.3 Å². The van der Waals surface area contributed by atoms with Crippen molar-refractivity contribution >= 4 is 24.1 Å². The van der Waals surface area contributed by atoms with Crippen LogP contribution in [-0.2, 0) is 0 Å². The number of unbranched alkanes of at least 4 members (excludes halogenated alkanes) is 3. The summed E-state index contributed by atoms with van der Waals surface area (Å²) >= 11 is 0. The summed E-state index contributed by atoms with van der Waals surface area (Å²) in [7, 11) is 0. The predicted octanol–water partition coefficient (Wildman–Crippen LogP) is 5.12. The van der Waals surface area contributed by atoms with E-state index in [2.05, 4.69) is 39.9 Å². The standard InChI is InChI=1S/C12H27N.C7H7NO2.ClH/c1-6-7-8-9-10-11(2)13-12(3,4)5;8-6-3-1-5(2-4-6)7(9)10;/h11,13H,6-10H2,1-5H3;1-4H,8H2,(H,9,10);1H. The van der Waals surface area contributed by atoms with Crippen molar-refractivity contribution in [1.29, 1.82) is 0 Å². The summed E-state index contributed by atoms with van der Waals surface area (Å²) in [6, 6.07) is 6.72. The molecule has 0 aliphatic heterocycles. The van der Waals surface area contributed by atoms with E-state index in [1.54, 1.807) is 12.1 Å². The molecule has 24 heavy (non-hydrogen) atoms. The van der Waals surface area contributed by atoms with Crippen LogP contribution in [0.15, 0.2) is 24.3 Å². The van der Waals surface area contributed by atoms with Crippen LogP contribution in [0, 0.1) is 0 Å². The molecule has 0 spiro atoms. The third-order valence-corrected chi connectivity index (χ3v) is 3.33. The first kappa shape index (κ1) is 25.0. The van der Waals surface area contributed by atoms with Crippen LogP contribution < -0.4 is 11.1 Å². The summed E-state index contributed by atoms with van der Waals surface area (Å²) in [4.78, 5) is 10.3. The van der Waals surface area contributed by atoms with Gasteiger partial charge in [-0.25, -0.2) is 4.79 Å². The molecule has 0 aliphatic rings. The van der Waals surface area contributed by atoms with Gasteiger partial charge in [-0.2, -0.15) is 0 Å². The molecule has 0 radical (unpaired) electrons. The normalized spacial score (nSPS) is 11.7. The van der Waals surface area contributed by atoms with Gasteiger partial charge < -0.3 is 16.2 Å². The molecule has 0 bridgehead atoms. The second kappa shape index (κ2) is 13.1. The van der Waals surface area contributed by atoms with E-state index in [0.717, 1.165) is 0 Å². The molecule has 1 rings (SSSR count). The van der Waals surface area contributed by atoms with Gasteiger partial charge in [-0.1, -0.05) is 32.6 Å². The number of carboxylic acids is 1. The fourth-order valence-corrected chi connectivity index (χ4v) is 2.31. The molecule has 5 heteroatoms. The van der Waals surface area contributed by atoms with Gasteiger partial charge in [0, 0.05) is 17.3 Å². The van der Waals surface area contributed by atoms with Crippen LogP contribution in [0.3, 0.4) is 0 Å². The third-order valence-electron chi connectivity index (χ3n) is 3.33. The number of anilines is 1. The van der Waals surface area contributed by atoms with Crippen molar-refractivity contribution in [3.05, 3.63) is 29.8 Å². The number of benzene rings is 1. The number of rotatable bonds is 7. The topological polar surface area (TPSA) is 75.3 Å². The average molecular weight is 359 g/mol. The highest BCUT2D eigenvalue weighted by Crippen LogP contribution is 2.08. The van der Waals surface area contributed by atoms with Crippen LogP contribution in [0.1, 0.15) is 77.1 Å². The second-order valence-electron chi connectivity index (χ2n) is 7.07. The van der Waals surface area contributed by atoms with E-state index in [1.165, 1.54) is 44.2 Å². The van der Waals surface area contributed by atoms with Crippen molar-refractivity contribution in [2.75, 3.05) is 5.73 Å². The molecule has 0 amide bonds. The fourth-order valence-electron chi connectivity index (χ4n) is 2.31. The molecule has 1 unspecified atom stereocenters. The van der Waals surface area contributed by atoms with E-state index in [-0.39, 0.29) is 23.5 Å². The van der Waals surface area contributed by atoms with Gasteiger partial charge in [-0.05, 0) is 58.4 Å². The van der Waals surface area contributed by atoms with Gasteiger partial charge >= 0.3 is 5.97 Å². The zero-order chi connectivity index (χ0) is 17.9. The van der Waals surface area contributed by atoms with Crippen molar-refractivity contribution in [1.82, 2.24) is 5.32 Å². The highest BCUT2D eigenvalue weighted by atomic mass is 35.5. The first-order valence-electron chi connectivity index (χ1n) is 8.52. The molecule has 1 aromatic carbocycles. The first-order chi connectivity index (χ1) is 10.7. The van der Waals surface area contributed by atoms with Gasteiger partial charge in [0.2, 0.25) is 0 Å². The summed E-state index contributed by atoms with van der Waals surface area (Å²) in [6.07, 6.45) is 6.81. The second-order valence-corrected chi connectivity index (χ2v) is 7.07. The molecule has 0 fully saturated rings.